The minimum Gasteiger partial charge on any atom is -0.383 e. The van der Waals surface area contributed by atoms with Gasteiger partial charge in [0.25, 0.3) is 0 Å². The van der Waals surface area contributed by atoms with Gasteiger partial charge in [0.05, 0.1) is 6.61 Å². The monoisotopic (exact) mass is 156 g/mol. The van der Waals surface area contributed by atoms with Crippen LogP contribution >= 0.6 is 0 Å². The van der Waals surface area contributed by atoms with Crippen molar-refractivity contribution in [3.8, 4) is 0 Å². The molecule has 1 N–H and O–H groups in total. The second-order valence-electron chi connectivity index (χ2n) is 2.30. The van der Waals surface area contributed by atoms with E-state index in [1.54, 1.807) is 13.2 Å². The van der Waals surface area contributed by atoms with Crippen LogP contribution in [0.2, 0.25) is 0 Å². The Morgan fingerprint density at radius 2 is 2.27 bits per heavy atom. The van der Waals surface area contributed by atoms with Gasteiger partial charge in [-0.2, -0.15) is 0 Å². The van der Waals surface area contributed by atoms with Gasteiger partial charge in [0, 0.05) is 20.7 Å². The fraction of sp³-hybridized carbons (Fsp3) is 0.625. The smallest absolute Gasteiger partial charge is 0.120 e. The predicted octanol–water partition coefficient (Wildman–Crippen LogP) is 1.12. The van der Waals surface area contributed by atoms with Crippen molar-refractivity contribution in [3.05, 3.63) is 12.2 Å². The average molecular weight is 156 g/mol. The number of rotatable bonds is 4. The summed E-state index contributed by atoms with van der Waals surface area (Å²) in [4.78, 5) is 1.84. The number of amidine groups is 1. The van der Waals surface area contributed by atoms with Crippen LogP contribution in [0.5, 0.6) is 0 Å². The zero-order chi connectivity index (χ0) is 8.69. The van der Waals surface area contributed by atoms with Gasteiger partial charge >= 0.3 is 0 Å². The molecule has 0 aliphatic carbocycles. The number of hydrogen-bond acceptors (Lipinski definition) is 2. The van der Waals surface area contributed by atoms with E-state index in [-0.39, 0.29) is 0 Å². The second kappa shape index (κ2) is 5.92. The predicted molar refractivity (Wildman–Crippen MR) is 47.0 cm³/mol. The molecule has 3 nitrogen and oxygen atoms in total. The molecule has 0 saturated carbocycles. The minimum absolute atomic E-state index is 0.518. The third-order valence-corrected chi connectivity index (χ3v) is 1.37. The van der Waals surface area contributed by atoms with Crippen molar-refractivity contribution in [2.45, 2.75) is 6.92 Å². The number of likely N-dealkylation sites (N-methyl/N-ethyl adjacent to an activating group) is 1. The molecule has 0 aliphatic heterocycles. The van der Waals surface area contributed by atoms with Gasteiger partial charge in [-0.1, -0.05) is 6.08 Å². The molecule has 0 aromatic rings. The summed E-state index contributed by atoms with van der Waals surface area (Å²) in [5.41, 5.74) is 0. The van der Waals surface area contributed by atoms with Crippen LogP contribution in [0.3, 0.4) is 0 Å². The first-order valence-electron chi connectivity index (χ1n) is 3.63. The Balaban J connectivity index is 3.64. The summed E-state index contributed by atoms with van der Waals surface area (Å²) >= 11 is 0. The van der Waals surface area contributed by atoms with Gasteiger partial charge < -0.3 is 9.64 Å². The molecular weight excluding hydrogens is 140 g/mol. The maximum atomic E-state index is 7.46. The van der Waals surface area contributed by atoms with Crippen LogP contribution in [-0.2, 0) is 4.74 Å². The highest BCUT2D eigenvalue weighted by atomic mass is 16.5. The molecule has 3 heteroatoms. The standard InChI is InChI=1S/C8H16N2O/c1-4-5-8(9)10(2)6-7-11-3/h4-5,9H,6-7H2,1-3H3/b5-4-,9-8?. The van der Waals surface area contributed by atoms with Crippen molar-refractivity contribution >= 4 is 5.84 Å². The quantitative estimate of drug-likeness (QED) is 0.489. The highest BCUT2D eigenvalue weighted by molar-refractivity contribution is 5.89. The summed E-state index contributed by atoms with van der Waals surface area (Å²) in [6.45, 7) is 3.33. The van der Waals surface area contributed by atoms with Gasteiger partial charge in [-0.05, 0) is 13.0 Å². The maximum Gasteiger partial charge on any atom is 0.120 e. The van der Waals surface area contributed by atoms with Crippen molar-refractivity contribution in [3.63, 3.8) is 0 Å². The molecule has 0 atom stereocenters. The van der Waals surface area contributed by atoms with Crippen molar-refractivity contribution in [2.24, 2.45) is 0 Å². The van der Waals surface area contributed by atoms with E-state index in [4.69, 9.17) is 10.1 Å². The maximum absolute atomic E-state index is 7.46. The van der Waals surface area contributed by atoms with Crippen LogP contribution < -0.4 is 0 Å². The van der Waals surface area contributed by atoms with E-state index in [0.29, 0.717) is 12.4 Å². The first-order chi connectivity index (χ1) is 5.22. The molecule has 0 spiro atoms. The van der Waals surface area contributed by atoms with Gasteiger partial charge in [-0.25, -0.2) is 0 Å². The van der Waals surface area contributed by atoms with Crippen molar-refractivity contribution in [1.29, 1.82) is 5.41 Å². The Kier molecular flexibility index (Phi) is 5.47. The number of ether oxygens (including phenoxy) is 1. The summed E-state index contributed by atoms with van der Waals surface area (Å²) in [5.74, 6) is 0.518. The lowest BCUT2D eigenvalue weighted by Gasteiger charge is -2.16. The molecule has 64 valence electrons. The zero-order valence-electron chi connectivity index (χ0n) is 7.42. The Bertz CT molecular complexity index is 143. The summed E-state index contributed by atoms with van der Waals surface area (Å²) in [5, 5.41) is 7.46. The molecule has 0 aromatic heterocycles. The first kappa shape index (κ1) is 10.2. The molecule has 0 aliphatic rings. The van der Waals surface area contributed by atoms with Gasteiger partial charge in [0.2, 0.25) is 0 Å². The number of nitrogens with one attached hydrogen (secondary N) is 1. The highest BCUT2D eigenvalue weighted by Crippen LogP contribution is 1.87. The summed E-state index contributed by atoms with van der Waals surface area (Å²) in [7, 11) is 3.54. The lowest BCUT2D eigenvalue weighted by molar-refractivity contribution is 0.183. The first-order valence-corrected chi connectivity index (χ1v) is 3.63. The number of methoxy groups -OCH3 is 1. The van der Waals surface area contributed by atoms with Crippen LogP contribution in [-0.4, -0.2) is 38.0 Å². The molecule has 0 bridgehead atoms. The molecule has 0 amide bonds. The molecule has 11 heavy (non-hydrogen) atoms. The van der Waals surface area contributed by atoms with E-state index in [0.717, 1.165) is 6.54 Å². The topological polar surface area (TPSA) is 36.3 Å². The van der Waals surface area contributed by atoms with E-state index in [1.165, 1.54) is 0 Å². The van der Waals surface area contributed by atoms with Crippen LogP contribution in [0.1, 0.15) is 6.92 Å². The molecule has 0 saturated heterocycles. The molecule has 0 radical (unpaired) electrons. The third-order valence-electron chi connectivity index (χ3n) is 1.37. The van der Waals surface area contributed by atoms with Crippen LogP contribution in [0.4, 0.5) is 0 Å². The molecule has 0 unspecified atom stereocenters. The van der Waals surface area contributed by atoms with E-state index in [9.17, 15) is 0 Å². The lowest BCUT2D eigenvalue weighted by Crippen LogP contribution is -2.27. The Morgan fingerprint density at radius 1 is 1.64 bits per heavy atom. The Morgan fingerprint density at radius 3 is 2.73 bits per heavy atom. The summed E-state index contributed by atoms with van der Waals surface area (Å²) in [6, 6.07) is 0. The minimum atomic E-state index is 0.518. The van der Waals surface area contributed by atoms with Crippen molar-refractivity contribution < 1.29 is 4.74 Å². The van der Waals surface area contributed by atoms with Gasteiger partial charge in [-0.15, -0.1) is 0 Å². The fourth-order valence-electron chi connectivity index (χ4n) is 0.634. The fourth-order valence-corrected chi connectivity index (χ4v) is 0.634. The highest BCUT2D eigenvalue weighted by Gasteiger charge is 1.97. The molecule has 0 heterocycles. The SMILES string of the molecule is C/C=C\C(=N)N(C)CCOC. The lowest BCUT2D eigenvalue weighted by atomic mass is 10.4. The number of hydrogen-bond donors (Lipinski definition) is 1. The number of nitrogens with zero attached hydrogens (tertiary/aromatic N) is 1. The van der Waals surface area contributed by atoms with Crippen LogP contribution in [0.25, 0.3) is 0 Å². The zero-order valence-corrected chi connectivity index (χ0v) is 7.42. The summed E-state index contributed by atoms with van der Waals surface area (Å²) in [6.07, 6.45) is 3.61. The normalized spacial score (nSPS) is 10.5. The largest absolute Gasteiger partial charge is 0.383 e. The van der Waals surface area contributed by atoms with E-state index >= 15 is 0 Å². The Labute approximate surface area is 68.2 Å². The second-order valence-corrected chi connectivity index (χ2v) is 2.30. The third kappa shape index (κ3) is 4.56. The molecule has 0 rings (SSSR count). The molecule has 0 aromatic carbocycles. The molecular formula is C8H16N2O. The van der Waals surface area contributed by atoms with E-state index in [2.05, 4.69) is 0 Å². The molecule has 0 fully saturated rings. The van der Waals surface area contributed by atoms with E-state index in [1.807, 2.05) is 24.9 Å². The number of allylic oxidation sites excluding steroid dienone is 1. The van der Waals surface area contributed by atoms with Gasteiger partial charge in [-0.3, -0.25) is 5.41 Å². The van der Waals surface area contributed by atoms with Crippen LogP contribution in [0, 0.1) is 5.41 Å². The van der Waals surface area contributed by atoms with Gasteiger partial charge in [0.15, 0.2) is 0 Å². The van der Waals surface area contributed by atoms with Gasteiger partial charge in [0.1, 0.15) is 5.84 Å². The average Bonchev–Trinajstić information content (AvgIpc) is 2.00. The Hall–Kier alpha value is -0.830. The van der Waals surface area contributed by atoms with Crippen molar-refractivity contribution in [2.75, 3.05) is 27.3 Å². The summed E-state index contributed by atoms with van der Waals surface area (Å²) < 4.78 is 4.88. The van der Waals surface area contributed by atoms with Crippen molar-refractivity contribution in [1.82, 2.24) is 4.90 Å². The van der Waals surface area contributed by atoms with Crippen LogP contribution in [0.15, 0.2) is 12.2 Å². The van der Waals surface area contributed by atoms with E-state index < -0.39 is 0 Å².